The van der Waals surface area contributed by atoms with Gasteiger partial charge in [-0.3, -0.25) is 0 Å². The Morgan fingerprint density at radius 1 is 1.27 bits per heavy atom. The monoisotopic (exact) mass is 212 g/mol. The Bertz CT molecular complexity index is 187. The Morgan fingerprint density at radius 2 is 1.87 bits per heavy atom. The van der Waals surface area contributed by atoms with E-state index in [0.29, 0.717) is 23.4 Å². The molecule has 15 heavy (non-hydrogen) atoms. The lowest BCUT2D eigenvalue weighted by molar-refractivity contribution is 0.210. The fourth-order valence-electron chi connectivity index (χ4n) is 2.01. The summed E-state index contributed by atoms with van der Waals surface area (Å²) in [4.78, 5) is 0. The van der Waals surface area contributed by atoms with Crippen molar-refractivity contribution in [3.8, 4) is 0 Å². The van der Waals surface area contributed by atoms with Crippen molar-refractivity contribution in [2.45, 2.75) is 65.5 Å². The molecule has 2 atom stereocenters. The van der Waals surface area contributed by atoms with E-state index in [9.17, 15) is 0 Å². The van der Waals surface area contributed by atoms with Crippen LogP contribution in [0.3, 0.4) is 0 Å². The fourth-order valence-corrected chi connectivity index (χ4v) is 2.01. The molecule has 0 aliphatic heterocycles. The highest BCUT2D eigenvalue weighted by atomic mass is 15.0. The first-order chi connectivity index (χ1) is 6.93. The van der Waals surface area contributed by atoms with E-state index < -0.39 is 0 Å². The van der Waals surface area contributed by atoms with E-state index in [2.05, 4.69) is 33.0 Å². The van der Waals surface area contributed by atoms with Crippen LogP contribution in [0.2, 0.25) is 0 Å². The van der Waals surface area contributed by atoms with Crippen molar-refractivity contribution in [1.82, 2.24) is 5.32 Å². The third kappa shape index (κ3) is 3.76. The van der Waals surface area contributed by atoms with Crippen LogP contribution in [0, 0.1) is 11.3 Å². The number of rotatable bonds is 4. The molecule has 0 aromatic heterocycles. The summed E-state index contributed by atoms with van der Waals surface area (Å²) in [5.74, 6) is 0.713. The van der Waals surface area contributed by atoms with Crippen molar-refractivity contribution >= 4 is 0 Å². The van der Waals surface area contributed by atoms with Gasteiger partial charge in [0.1, 0.15) is 0 Å². The second-order valence-electron chi connectivity index (χ2n) is 6.08. The van der Waals surface area contributed by atoms with Crippen LogP contribution in [0.4, 0.5) is 0 Å². The van der Waals surface area contributed by atoms with Crippen molar-refractivity contribution in [1.29, 1.82) is 0 Å². The summed E-state index contributed by atoms with van der Waals surface area (Å²) in [6.07, 6.45) is 5.11. The number of nitrogens with two attached hydrogens (primary N) is 1. The third-order valence-corrected chi connectivity index (χ3v) is 4.20. The number of hydrogen-bond donors (Lipinski definition) is 2. The Morgan fingerprint density at radius 3 is 2.40 bits per heavy atom. The predicted octanol–water partition coefficient (Wildman–Crippen LogP) is 2.53. The van der Waals surface area contributed by atoms with Crippen LogP contribution in [-0.4, -0.2) is 18.6 Å². The molecule has 1 fully saturated rings. The van der Waals surface area contributed by atoms with Gasteiger partial charge in [-0.05, 0) is 24.2 Å². The molecular weight excluding hydrogens is 184 g/mol. The standard InChI is InChI=1S/C13H28N2/c1-10(2)13(3,4)9-15-12-8-6-5-7-11(12)14/h10-12,15H,5-9,14H2,1-4H3. The number of nitrogens with one attached hydrogen (secondary N) is 1. The Kier molecular flexibility index (Phi) is 4.60. The molecule has 2 unspecified atom stereocenters. The van der Waals surface area contributed by atoms with Gasteiger partial charge in [0.05, 0.1) is 0 Å². The molecule has 0 aromatic carbocycles. The molecule has 0 radical (unpaired) electrons. The maximum absolute atomic E-state index is 6.12. The molecular formula is C13H28N2. The SMILES string of the molecule is CC(C)C(C)(C)CNC1CCCCC1N. The third-order valence-electron chi connectivity index (χ3n) is 4.20. The van der Waals surface area contributed by atoms with Crippen molar-refractivity contribution in [2.24, 2.45) is 17.1 Å². The van der Waals surface area contributed by atoms with Gasteiger partial charge in [0, 0.05) is 18.6 Å². The van der Waals surface area contributed by atoms with E-state index in [1.807, 2.05) is 0 Å². The molecule has 0 aromatic rings. The quantitative estimate of drug-likeness (QED) is 0.751. The molecule has 3 N–H and O–H groups in total. The minimum Gasteiger partial charge on any atom is -0.326 e. The lowest BCUT2D eigenvalue weighted by Gasteiger charge is -2.35. The van der Waals surface area contributed by atoms with Crippen molar-refractivity contribution in [3.63, 3.8) is 0 Å². The highest BCUT2D eigenvalue weighted by molar-refractivity contribution is 4.86. The lowest BCUT2D eigenvalue weighted by atomic mass is 9.80. The molecule has 90 valence electrons. The molecule has 1 aliphatic carbocycles. The minimum absolute atomic E-state index is 0.372. The largest absolute Gasteiger partial charge is 0.326 e. The Labute approximate surface area is 95.0 Å². The zero-order chi connectivity index (χ0) is 11.5. The fraction of sp³-hybridized carbons (Fsp3) is 1.00. The maximum atomic E-state index is 6.12. The Hall–Kier alpha value is -0.0800. The predicted molar refractivity (Wildman–Crippen MR) is 66.9 cm³/mol. The van der Waals surface area contributed by atoms with E-state index >= 15 is 0 Å². The van der Waals surface area contributed by atoms with E-state index in [0.717, 1.165) is 6.54 Å². The first kappa shape index (κ1) is 13.0. The molecule has 0 amide bonds. The molecule has 0 spiro atoms. The van der Waals surface area contributed by atoms with Gasteiger partial charge < -0.3 is 11.1 Å². The van der Waals surface area contributed by atoms with Crippen molar-refractivity contribution in [3.05, 3.63) is 0 Å². The van der Waals surface area contributed by atoms with Gasteiger partial charge >= 0.3 is 0 Å². The molecule has 0 heterocycles. The topological polar surface area (TPSA) is 38.0 Å². The lowest BCUT2D eigenvalue weighted by Crippen LogP contribution is -2.50. The van der Waals surface area contributed by atoms with Gasteiger partial charge in [0.2, 0.25) is 0 Å². The van der Waals surface area contributed by atoms with Gasteiger partial charge in [-0.2, -0.15) is 0 Å². The van der Waals surface area contributed by atoms with E-state index in [-0.39, 0.29) is 0 Å². The van der Waals surface area contributed by atoms with Gasteiger partial charge in [0.25, 0.3) is 0 Å². The van der Waals surface area contributed by atoms with Crippen molar-refractivity contribution < 1.29 is 0 Å². The van der Waals surface area contributed by atoms with Crippen LogP contribution >= 0.6 is 0 Å². The Balaban J connectivity index is 2.35. The van der Waals surface area contributed by atoms with E-state index in [1.165, 1.54) is 25.7 Å². The summed E-state index contributed by atoms with van der Waals surface area (Å²) < 4.78 is 0. The van der Waals surface area contributed by atoms with Crippen LogP contribution in [0.1, 0.15) is 53.4 Å². The molecule has 2 heteroatoms. The summed E-state index contributed by atoms with van der Waals surface area (Å²) in [6.45, 7) is 10.3. The molecule has 1 rings (SSSR count). The average molecular weight is 212 g/mol. The molecule has 1 saturated carbocycles. The average Bonchev–Trinajstić information content (AvgIpc) is 2.16. The first-order valence-corrected chi connectivity index (χ1v) is 6.42. The maximum Gasteiger partial charge on any atom is 0.0219 e. The van der Waals surface area contributed by atoms with E-state index in [4.69, 9.17) is 5.73 Å². The van der Waals surface area contributed by atoms with Crippen LogP contribution in [0.15, 0.2) is 0 Å². The van der Waals surface area contributed by atoms with Gasteiger partial charge in [-0.1, -0.05) is 40.5 Å². The highest BCUT2D eigenvalue weighted by Gasteiger charge is 2.26. The summed E-state index contributed by atoms with van der Waals surface area (Å²) in [5, 5.41) is 3.67. The summed E-state index contributed by atoms with van der Waals surface area (Å²) in [5.41, 5.74) is 6.49. The smallest absolute Gasteiger partial charge is 0.0219 e. The first-order valence-electron chi connectivity index (χ1n) is 6.42. The second-order valence-corrected chi connectivity index (χ2v) is 6.08. The van der Waals surface area contributed by atoms with Gasteiger partial charge in [0.15, 0.2) is 0 Å². The summed E-state index contributed by atoms with van der Waals surface area (Å²) in [7, 11) is 0. The van der Waals surface area contributed by atoms with Crippen LogP contribution in [-0.2, 0) is 0 Å². The summed E-state index contributed by atoms with van der Waals surface area (Å²) >= 11 is 0. The van der Waals surface area contributed by atoms with Crippen LogP contribution in [0.5, 0.6) is 0 Å². The van der Waals surface area contributed by atoms with Crippen LogP contribution < -0.4 is 11.1 Å². The molecule has 0 saturated heterocycles. The molecule has 0 bridgehead atoms. The number of hydrogen-bond acceptors (Lipinski definition) is 2. The zero-order valence-electron chi connectivity index (χ0n) is 10.8. The normalized spacial score (nSPS) is 28.4. The van der Waals surface area contributed by atoms with Crippen molar-refractivity contribution in [2.75, 3.05) is 6.54 Å². The van der Waals surface area contributed by atoms with E-state index in [1.54, 1.807) is 0 Å². The second kappa shape index (κ2) is 5.31. The minimum atomic E-state index is 0.372. The molecule has 1 aliphatic rings. The highest BCUT2D eigenvalue weighted by Crippen LogP contribution is 2.26. The van der Waals surface area contributed by atoms with Gasteiger partial charge in [-0.25, -0.2) is 0 Å². The zero-order valence-corrected chi connectivity index (χ0v) is 10.8. The van der Waals surface area contributed by atoms with Gasteiger partial charge in [-0.15, -0.1) is 0 Å². The van der Waals surface area contributed by atoms with Crippen LogP contribution in [0.25, 0.3) is 0 Å². The molecule has 2 nitrogen and oxygen atoms in total. The summed E-state index contributed by atoms with van der Waals surface area (Å²) in [6, 6.07) is 0.929.